The number of H-pyrrole nitrogens is 1. The van der Waals surface area contributed by atoms with Crippen LogP contribution in [0.5, 0.6) is 0 Å². The Morgan fingerprint density at radius 1 is 1.47 bits per heavy atom. The van der Waals surface area contributed by atoms with E-state index >= 15 is 0 Å². The zero-order valence-electron chi connectivity index (χ0n) is 10.1. The normalized spacial score (nSPS) is 29.8. The molecule has 0 radical (unpaired) electrons. The first kappa shape index (κ1) is 11.3. The fraction of sp³-hybridized carbons (Fsp3) is 0.818. The Hall–Kier alpha value is -0.750. The summed E-state index contributed by atoms with van der Waals surface area (Å²) in [7, 11) is 0. The van der Waals surface area contributed by atoms with Crippen LogP contribution in [-0.2, 0) is 0 Å². The van der Waals surface area contributed by atoms with E-state index in [9.17, 15) is 0 Å². The van der Waals surface area contributed by atoms with Crippen LogP contribution in [-0.4, -0.2) is 52.4 Å². The number of piperazine rings is 1. The number of nitrogens with one attached hydrogen (secondary N) is 2. The van der Waals surface area contributed by atoms with Crippen molar-refractivity contribution < 1.29 is 0 Å². The Kier molecular flexibility index (Phi) is 3.24. The van der Waals surface area contributed by atoms with Crippen LogP contribution < -0.4 is 10.2 Å². The molecular weight excluding hydrogens is 234 g/mol. The summed E-state index contributed by atoms with van der Waals surface area (Å²) in [6, 6.07) is 0.521. The molecule has 2 saturated heterocycles. The molecule has 0 aromatic carbocycles. The standard InChI is InChI=1S/C11H19N5S/c1-8-6-16(4-3-12-8)11-13-10(14-15-11)9-2-5-17-7-9/h8-9,12H,2-7H2,1H3,(H,13,14,15)/t8-,9?/m0/s1. The number of nitrogens with zero attached hydrogens (tertiary/aromatic N) is 3. The van der Waals surface area contributed by atoms with Gasteiger partial charge in [-0.15, -0.1) is 5.10 Å². The molecule has 2 fully saturated rings. The van der Waals surface area contributed by atoms with Gasteiger partial charge in [-0.1, -0.05) is 0 Å². The molecule has 3 heterocycles. The van der Waals surface area contributed by atoms with Gasteiger partial charge < -0.3 is 10.2 Å². The van der Waals surface area contributed by atoms with Gasteiger partial charge in [0.2, 0.25) is 5.95 Å². The second-order valence-corrected chi connectivity index (χ2v) is 6.03. The van der Waals surface area contributed by atoms with Crippen LogP contribution in [0.4, 0.5) is 5.95 Å². The maximum absolute atomic E-state index is 4.67. The van der Waals surface area contributed by atoms with Gasteiger partial charge in [-0.25, -0.2) is 0 Å². The lowest BCUT2D eigenvalue weighted by Crippen LogP contribution is -2.49. The summed E-state index contributed by atoms with van der Waals surface area (Å²) in [5.74, 6) is 4.99. The van der Waals surface area contributed by atoms with E-state index in [0.29, 0.717) is 12.0 Å². The minimum atomic E-state index is 0.521. The molecule has 2 N–H and O–H groups in total. The summed E-state index contributed by atoms with van der Waals surface area (Å²) in [5, 5.41) is 10.9. The predicted octanol–water partition coefficient (Wildman–Crippen LogP) is 0.823. The van der Waals surface area contributed by atoms with Crippen LogP contribution in [0.3, 0.4) is 0 Å². The summed E-state index contributed by atoms with van der Waals surface area (Å²) in [5.41, 5.74) is 0. The molecule has 2 aliphatic rings. The van der Waals surface area contributed by atoms with Crippen molar-refractivity contribution in [2.24, 2.45) is 0 Å². The minimum absolute atomic E-state index is 0.521. The van der Waals surface area contributed by atoms with Crippen LogP contribution in [0.2, 0.25) is 0 Å². The van der Waals surface area contributed by atoms with Gasteiger partial charge in [0.1, 0.15) is 5.82 Å². The number of thioether (sulfide) groups is 1. The van der Waals surface area contributed by atoms with Gasteiger partial charge in [0, 0.05) is 37.3 Å². The fourth-order valence-corrected chi connectivity index (χ4v) is 3.68. The van der Waals surface area contributed by atoms with Crippen LogP contribution in [0.1, 0.15) is 25.1 Å². The van der Waals surface area contributed by atoms with Crippen molar-refractivity contribution >= 4 is 17.7 Å². The molecule has 17 heavy (non-hydrogen) atoms. The Labute approximate surface area is 106 Å². The average molecular weight is 253 g/mol. The number of aromatic amines is 1. The Morgan fingerprint density at radius 3 is 3.18 bits per heavy atom. The third-order valence-electron chi connectivity index (χ3n) is 3.46. The summed E-state index contributed by atoms with van der Waals surface area (Å²) in [4.78, 5) is 6.94. The molecule has 2 atom stereocenters. The Morgan fingerprint density at radius 2 is 2.41 bits per heavy atom. The topological polar surface area (TPSA) is 56.8 Å². The maximum Gasteiger partial charge on any atom is 0.244 e. The molecule has 0 amide bonds. The largest absolute Gasteiger partial charge is 0.337 e. The van der Waals surface area contributed by atoms with Crippen LogP contribution in [0.25, 0.3) is 0 Å². The molecule has 3 rings (SSSR count). The van der Waals surface area contributed by atoms with E-state index in [1.54, 1.807) is 0 Å². The molecule has 0 spiro atoms. The SMILES string of the molecule is C[C@H]1CN(c2n[nH]c(C3CCSC3)n2)CCN1. The molecule has 1 aromatic rings. The number of anilines is 1. The monoisotopic (exact) mass is 253 g/mol. The molecule has 0 saturated carbocycles. The molecular formula is C11H19N5S. The first-order chi connectivity index (χ1) is 8.33. The lowest BCUT2D eigenvalue weighted by atomic mass is 10.1. The molecule has 0 bridgehead atoms. The molecule has 5 nitrogen and oxygen atoms in total. The van der Waals surface area contributed by atoms with E-state index < -0.39 is 0 Å². The average Bonchev–Trinajstić information content (AvgIpc) is 3.00. The van der Waals surface area contributed by atoms with E-state index in [-0.39, 0.29) is 0 Å². The Bertz CT molecular complexity index is 374. The van der Waals surface area contributed by atoms with Gasteiger partial charge in [-0.2, -0.15) is 16.7 Å². The van der Waals surface area contributed by atoms with Gasteiger partial charge in [0.15, 0.2) is 0 Å². The highest BCUT2D eigenvalue weighted by Crippen LogP contribution is 2.30. The second-order valence-electron chi connectivity index (χ2n) is 4.88. The lowest BCUT2D eigenvalue weighted by molar-refractivity contribution is 0.479. The predicted molar refractivity (Wildman–Crippen MR) is 70.7 cm³/mol. The summed E-state index contributed by atoms with van der Waals surface area (Å²) >= 11 is 2.01. The molecule has 6 heteroatoms. The van der Waals surface area contributed by atoms with Crippen molar-refractivity contribution in [3.63, 3.8) is 0 Å². The third-order valence-corrected chi connectivity index (χ3v) is 4.62. The summed E-state index contributed by atoms with van der Waals surface area (Å²) < 4.78 is 0. The van der Waals surface area contributed by atoms with Crippen LogP contribution >= 0.6 is 11.8 Å². The smallest absolute Gasteiger partial charge is 0.244 e. The van der Waals surface area contributed by atoms with E-state index in [0.717, 1.165) is 31.4 Å². The number of rotatable bonds is 2. The highest BCUT2D eigenvalue weighted by molar-refractivity contribution is 7.99. The van der Waals surface area contributed by atoms with Gasteiger partial charge in [0.05, 0.1) is 0 Å². The molecule has 1 aromatic heterocycles. The van der Waals surface area contributed by atoms with Crippen molar-refractivity contribution in [2.45, 2.75) is 25.3 Å². The number of hydrogen-bond donors (Lipinski definition) is 2. The van der Waals surface area contributed by atoms with Crippen molar-refractivity contribution in [3.05, 3.63) is 5.82 Å². The van der Waals surface area contributed by atoms with Crippen LogP contribution in [0.15, 0.2) is 0 Å². The second kappa shape index (κ2) is 4.86. The highest BCUT2D eigenvalue weighted by atomic mass is 32.2. The van der Waals surface area contributed by atoms with Gasteiger partial charge in [-0.05, 0) is 19.1 Å². The fourth-order valence-electron chi connectivity index (χ4n) is 2.45. The van der Waals surface area contributed by atoms with E-state index in [4.69, 9.17) is 0 Å². The molecule has 2 aliphatic heterocycles. The number of aromatic nitrogens is 3. The lowest BCUT2D eigenvalue weighted by Gasteiger charge is -2.30. The third kappa shape index (κ3) is 2.42. The van der Waals surface area contributed by atoms with E-state index in [1.807, 2.05) is 11.8 Å². The first-order valence-electron chi connectivity index (χ1n) is 6.31. The Balaban J connectivity index is 1.70. The van der Waals surface area contributed by atoms with E-state index in [1.165, 1.54) is 17.9 Å². The van der Waals surface area contributed by atoms with Gasteiger partial charge in [0.25, 0.3) is 0 Å². The zero-order chi connectivity index (χ0) is 11.7. The maximum atomic E-state index is 4.67. The number of hydrogen-bond acceptors (Lipinski definition) is 5. The summed E-state index contributed by atoms with van der Waals surface area (Å²) in [6.45, 7) is 5.22. The minimum Gasteiger partial charge on any atom is -0.337 e. The molecule has 1 unspecified atom stereocenters. The van der Waals surface area contributed by atoms with Gasteiger partial charge in [-0.3, -0.25) is 5.10 Å². The van der Waals surface area contributed by atoms with Crippen molar-refractivity contribution in [1.29, 1.82) is 0 Å². The first-order valence-corrected chi connectivity index (χ1v) is 7.47. The highest BCUT2D eigenvalue weighted by Gasteiger charge is 2.24. The quantitative estimate of drug-likeness (QED) is 0.817. The van der Waals surface area contributed by atoms with Gasteiger partial charge >= 0.3 is 0 Å². The van der Waals surface area contributed by atoms with Crippen LogP contribution in [0, 0.1) is 0 Å². The molecule has 94 valence electrons. The zero-order valence-corrected chi connectivity index (χ0v) is 11.0. The molecule has 0 aliphatic carbocycles. The van der Waals surface area contributed by atoms with E-state index in [2.05, 4.69) is 32.3 Å². The van der Waals surface area contributed by atoms with Crippen molar-refractivity contribution in [3.8, 4) is 0 Å². The van der Waals surface area contributed by atoms with Crippen molar-refractivity contribution in [1.82, 2.24) is 20.5 Å². The summed E-state index contributed by atoms with van der Waals surface area (Å²) in [6.07, 6.45) is 1.23. The van der Waals surface area contributed by atoms with Crippen molar-refractivity contribution in [2.75, 3.05) is 36.0 Å².